The molecule has 0 saturated carbocycles. The van der Waals surface area contributed by atoms with E-state index in [2.05, 4.69) is 36.4 Å². The number of benzene rings is 4. The van der Waals surface area contributed by atoms with E-state index in [9.17, 15) is 8.42 Å². The Bertz CT molecular complexity index is 1320. The Labute approximate surface area is 213 Å². The second-order valence-corrected chi connectivity index (χ2v) is 10.9. The standard InChI is InChI=1S/C31H29NO3S/c1-25-19-21-30(22-20-25)36(33,34)32-23-11-18-29(32)24-35-31(26-12-5-2-6-13-26,27-14-7-3-8-15-27)28-16-9-4-10-17-28/h2-22,29H,23-24H2,1H3. The van der Waals surface area contributed by atoms with Crippen LogP contribution >= 0.6 is 0 Å². The Morgan fingerprint density at radius 2 is 1.22 bits per heavy atom. The van der Waals surface area contributed by atoms with Crippen molar-refractivity contribution in [2.45, 2.75) is 23.5 Å². The van der Waals surface area contributed by atoms with Gasteiger partial charge in [0.25, 0.3) is 0 Å². The largest absolute Gasteiger partial charge is 0.359 e. The van der Waals surface area contributed by atoms with Gasteiger partial charge in [0, 0.05) is 6.54 Å². The van der Waals surface area contributed by atoms with Gasteiger partial charge in [0.2, 0.25) is 10.0 Å². The van der Waals surface area contributed by atoms with E-state index in [1.165, 1.54) is 4.31 Å². The molecule has 1 aliphatic rings. The van der Waals surface area contributed by atoms with E-state index < -0.39 is 21.7 Å². The van der Waals surface area contributed by atoms with Gasteiger partial charge in [-0.2, -0.15) is 4.31 Å². The number of sulfonamides is 1. The Balaban J connectivity index is 1.54. The van der Waals surface area contributed by atoms with Gasteiger partial charge in [-0.3, -0.25) is 0 Å². The Morgan fingerprint density at radius 1 is 0.750 bits per heavy atom. The predicted molar refractivity (Wildman–Crippen MR) is 143 cm³/mol. The summed E-state index contributed by atoms with van der Waals surface area (Å²) in [5, 5.41) is 0. The summed E-state index contributed by atoms with van der Waals surface area (Å²) in [4.78, 5) is 0.294. The van der Waals surface area contributed by atoms with Crippen molar-refractivity contribution in [3.05, 3.63) is 150 Å². The van der Waals surface area contributed by atoms with E-state index in [0.717, 1.165) is 22.3 Å². The molecule has 0 bridgehead atoms. The number of nitrogens with zero attached hydrogens (tertiary/aromatic N) is 1. The summed E-state index contributed by atoms with van der Waals surface area (Å²) in [6.07, 6.45) is 3.83. The number of hydrogen-bond acceptors (Lipinski definition) is 3. The highest BCUT2D eigenvalue weighted by atomic mass is 32.2. The molecule has 0 radical (unpaired) electrons. The van der Waals surface area contributed by atoms with Crippen LogP contribution in [0.25, 0.3) is 0 Å². The molecule has 0 saturated heterocycles. The fourth-order valence-electron chi connectivity index (χ4n) is 4.79. The lowest BCUT2D eigenvalue weighted by molar-refractivity contribution is -0.000595. The normalized spacial score (nSPS) is 16.3. The molecule has 0 fully saturated rings. The second kappa shape index (κ2) is 10.2. The van der Waals surface area contributed by atoms with Crippen LogP contribution in [0.2, 0.25) is 0 Å². The van der Waals surface area contributed by atoms with Crippen molar-refractivity contribution >= 4 is 10.0 Å². The molecule has 4 aromatic carbocycles. The molecule has 1 atom stereocenters. The minimum absolute atomic E-state index is 0.195. The average Bonchev–Trinajstić information content (AvgIpc) is 3.41. The third-order valence-corrected chi connectivity index (χ3v) is 8.56. The van der Waals surface area contributed by atoms with Crippen LogP contribution in [0.5, 0.6) is 0 Å². The maximum atomic E-state index is 13.5. The van der Waals surface area contributed by atoms with Crippen molar-refractivity contribution in [3.63, 3.8) is 0 Å². The third kappa shape index (κ3) is 4.53. The average molecular weight is 496 g/mol. The van der Waals surface area contributed by atoms with Crippen LogP contribution in [0.3, 0.4) is 0 Å². The van der Waals surface area contributed by atoms with Gasteiger partial charge in [-0.15, -0.1) is 0 Å². The lowest BCUT2D eigenvalue weighted by Gasteiger charge is -2.37. The summed E-state index contributed by atoms with van der Waals surface area (Å²) in [6, 6.07) is 36.9. The topological polar surface area (TPSA) is 46.6 Å². The Morgan fingerprint density at radius 3 is 1.69 bits per heavy atom. The van der Waals surface area contributed by atoms with Crippen molar-refractivity contribution < 1.29 is 13.2 Å². The van der Waals surface area contributed by atoms with Crippen molar-refractivity contribution in [1.82, 2.24) is 4.31 Å². The lowest BCUT2D eigenvalue weighted by Crippen LogP contribution is -2.42. The number of aryl methyl sites for hydroxylation is 1. The highest BCUT2D eigenvalue weighted by molar-refractivity contribution is 7.89. The SMILES string of the molecule is Cc1ccc(S(=O)(=O)N2CC=CC2COC(c2ccccc2)(c2ccccc2)c2ccccc2)cc1. The first-order valence-corrected chi connectivity index (χ1v) is 13.5. The summed E-state index contributed by atoms with van der Waals surface area (Å²) in [7, 11) is -3.68. The third-order valence-electron chi connectivity index (χ3n) is 6.65. The zero-order valence-electron chi connectivity index (χ0n) is 20.2. The van der Waals surface area contributed by atoms with Gasteiger partial charge >= 0.3 is 0 Å². The van der Waals surface area contributed by atoms with Gasteiger partial charge in [-0.25, -0.2) is 8.42 Å². The zero-order chi connectivity index (χ0) is 25.0. The molecule has 5 heteroatoms. The molecule has 0 spiro atoms. The first kappa shape index (κ1) is 24.2. The molecule has 0 N–H and O–H groups in total. The highest BCUT2D eigenvalue weighted by Gasteiger charge is 2.40. The highest BCUT2D eigenvalue weighted by Crippen LogP contribution is 2.41. The molecule has 4 aromatic rings. The molecule has 182 valence electrons. The first-order valence-electron chi connectivity index (χ1n) is 12.1. The number of rotatable bonds is 8. The first-order chi connectivity index (χ1) is 17.5. The minimum Gasteiger partial charge on any atom is -0.359 e. The van der Waals surface area contributed by atoms with E-state index in [1.807, 2.05) is 85.8 Å². The van der Waals surface area contributed by atoms with Crippen molar-refractivity contribution in [2.75, 3.05) is 13.2 Å². The van der Waals surface area contributed by atoms with Crippen LogP contribution in [-0.4, -0.2) is 31.9 Å². The molecular weight excluding hydrogens is 466 g/mol. The molecule has 1 heterocycles. The fourth-order valence-corrected chi connectivity index (χ4v) is 6.31. The van der Waals surface area contributed by atoms with E-state index in [-0.39, 0.29) is 6.61 Å². The van der Waals surface area contributed by atoms with Crippen LogP contribution < -0.4 is 0 Å². The van der Waals surface area contributed by atoms with Crippen molar-refractivity contribution in [1.29, 1.82) is 0 Å². The molecule has 0 aromatic heterocycles. The summed E-state index contributed by atoms with van der Waals surface area (Å²) in [5.41, 5.74) is 3.07. The van der Waals surface area contributed by atoms with Crippen molar-refractivity contribution in [2.24, 2.45) is 0 Å². The molecule has 1 aliphatic heterocycles. The fraction of sp³-hybridized carbons (Fsp3) is 0.161. The van der Waals surface area contributed by atoms with E-state index >= 15 is 0 Å². The van der Waals surface area contributed by atoms with Crippen LogP contribution in [-0.2, 0) is 20.4 Å². The lowest BCUT2D eigenvalue weighted by atomic mass is 9.80. The van der Waals surface area contributed by atoms with Crippen molar-refractivity contribution in [3.8, 4) is 0 Å². The summed E-state index contributed by atoms with van der Waals surface area (Å²) < 4.78 is 35.5. The summed E-state index contributed by atoms with van der Waals surface area (Å²) in [5.74, 6) is 0. The van der Waals surface area contributed by atoms with Gasteiger partial charge in [0.1, 0.15) is 5.60 Å². The summed E-state index contributed by atoms with van der Waals surface area (Å²) in [6.45, 7) is 2.46. The van der Waals surface area contributed by atoms with Gasteiger partial charge in [-0.1, -0.05) is 121 Å². The predicted octanol–water partition coefficient (Wildman–Crippen LogP) is 5.93. The number of ether oxygens (including phenoxy) is 1. The summed E-state index contributed by atoms with van der Waals surface area (Å²) >= 11 is 0. The smallest absolute Gasteiger partial charge is 0.243 e. The van der Waals surface area contributed by atoms with Crippen LogP contribution in [0.15, 0.2) is 132 Å². The maximum Gasteiger partial charge on any atom is 0.243 e. The van der Waals surface area contributed by atoms with Gasteiger partial charge in [-0.05, 0) is 35.7 Å². The quantitative estimate of drug-likeness (QED) is 0.225. The molecule has 0 amide bonds. The van der Waals surface area contributed by atoms with Gasteiger partial charge in [0.15, 0.2) is 0 Å². The van der Waals surface area contributed by atoms with E-state index in [1.54, 1.807) is 12.1 Å². The Kier molecular flexibility index (Phi) is 6.88. The maximum absolute atomic E-state index is 13.5. The number of hydrogen-bond donors (Lipinski definition) is 0. The zero-order valence-corrected chi connectivity index (χ0v) is 21.0. The van der Waals surface area contributed by atoms with Crippen LogP contribution in [0.1, 0.15) is 22.3 Å². The molecule has 5 rings (SSSR count). The van der Waals surface area contributed by atoms with Crippen LogP contribution in [0, 0.1) is 6.92 Å². The Hall–Kier alpha value is -3.51. The molecular formula is C31H29NO3S. The second-order valence-electron chi connectivity index (χ2n) is 8.97. The van der Waals surface area contributed by atoms with Crippen LogP contribution in [0.4, 0.5) is 0 Å². The molecule has 36 heavy (non-hydrogen) atoms. The van der Waals surface area contributed by atoms with E-state index in [0.29, 0.717) is 11.4 Å². The molecule has 4 nitrogen and oxygen atoms in total. The van der Waals surface area contributed by atoms with E-state index in [4.69, 9.17) is 4.74 Å². The minimum atomic E-state index is -3.68. The monoisotopic (exact) mass is 495 g/mol. The van der Waals surface area contributed by atoms with Gasteiger partial charge in [0.05, 0.1) is 17.5 Å². The van der Waals surface area contributed by atoms with Gasteiger partial charge < -0.3 is 4.74 Å². The molecule has 0 aliphatic carbocycles. The molecule has 1 unspecified atom stereocenters.